The lowest BCUT2D eigenvalue weighted by molar-refractivity contribution is -0.274. The van der Waals surface area contributed by atoms with Gasteiger partial charge in [0.05, 0.1) is 6.33 Å². The number of benzene rings is 2. The molecule has 0 bridgehead atoms. The first-order valence-corrected chi connectivity index (χ1v) is 11.8. The van der Waals surface area contributed by atoms with Crippen molar-refractivity contribution in [3.8, 4) is 5.75 Å². The summed E-state index contributed by atoms with van der Waals surface area (Å²) in [7, 11) is 1.72. The van der Waals surface area contributed by atoms with Crippen molar-refractivity contribution >= 4 is 5.97 Å². The molecule has 2 heterocycles. The Morgan fingerprint density at radius 2 is 1.87 bits per heavy atom. The summed E-state index contributed by atoms with van der Waals surface area (Å²) in [4.78, 5) is 15.8. The highest BCUT2D eigenvalue weighted by Crippen LogP contribution is 2.52. The number of hydrogen-bond acceptors (Lipinski definition) is 4. The molecule has 1 aromatic heterocycles. The number of imidazole rings is 1. The number of carbonyl (C=O) groups is 1. The van der Waals surface area contributed by atoms with E-state index in [9.17, 15) is 26.7 Å². The van der Waals surface area contributed by atoms with Crippen molar-refractivity contribution in [2.45, 2.75) is 19.5 Å². The maximum absolute atomic E-state index is 13.8. The summed E-state index contributed by atoms with van der Waals surface area (Å²) >= 11 is 0. The number of aromatic carboxylic acids is 1. The summed E-state index contributed by atoms with van der Waals surface area (Å²) in [6.07, 6.45) is -1.81. The Morgan fingerprint density at radius 1 is 1.16 bits per heavy atom. The molecule has 2 aromatic carbocycles. The van der Waals surface area contributed by atoms with Crippen LogP contribution in [-0.4, -0.2) is 51.5 Å². The second-order valence-electron chi connectivity index (χ2n) is 9.39. The quantitative estimate of drug-likeness (QED) is 0.398. The minimum atomic E-state index is -4.71. The molecule has 1 N–H and O–H groups in total. The van der Waals surface area contributed by atoms with Gasteiger partial charge in [-0.25, -0.2) is 18.6 Å². The molecular weight excluding hydrogens is 511 g/mol. The molecular formula is C26H26F5N4O3-. The van der Waals surface area contributed by atoms with Gasteiger partial charge >= 0.3 is 12.3 Å². The number of carboxylic acid groups (broad SMARTS) is 1. The van der Waals surface area contributed by atoms with Crippen LogP contribution in [0.25, 0.3) is 5.32 Å². The van der Waals surface area contributed by atoms with Gasteiger partial charge in [0.1, 0.15) is 5.75 Å². The first-order chi connectivity index (χ1) is 18.0. The molecule has 1 saturated heterocycles. The van der Waals surface area contributed by atoms with Gasteiger partial charge in [-0.3, -0.25) is 4.90 Å². The number of hydrogen-bond donors (Lipinski definition) is 1. The molecule has 2 fully saturated rings. The average molecular weight is 538 g/mol. The zero-order chi connectivity index (χ0) is 27.4. The molecule has 0 spiro atoms. The van der Waals surface area contributed by atoms with Crippen LogP contribution >= 0.6 is 0 Å². The summed E-state index contributed by atoms with van der Waals surface area (Å²) < 4.78 is 69.5. The molecule has 1 aliphatic carbocycles. The molecule has 1 aliphatic heterocycles. The Morgan fingerprint density at radius 3 is 2.47 bits per heavy atom. The third kappa shape index (κ3) is 7.29. The van der Waals surface area contributed by atoms with Gasteiger partial charge in [-0.2, -0.15) is 0 Å². The highest BCUT2D eigenvalue weighted by atomic mass is 19.4. The van der Waals surface area contributed by atoms with E-state index in [-0.39, 0.29) is 11.4 Å². The molecule has 3 aromatic rings. The monoisotopic (exact) mass is 537 g/mol. The minimum Gasteiger partial charge on any atom is -0.658 e. The Balaban J connectivity index is 0.000000317. The molecule has 5 rings (SSSR count). The normalized spacial score (nSPS) is 20.4. The van der Waals surface area contributed by atoms with E-state index < -0.39 is 24.0 Å². The van der Waals surface area contributed by atoms with E-state index in [0.29, 0.717) is 48.5 Å². The Bertz CT molecular complexity index is 1250. The van der Waals surface area contributed by atoms with Gasteiger partial charge in [-0.15, -0.1) is 26.3 Å². The van der Waals surface area contributed by atoms with Crippen LogP contribution in [-0.2, 0) is 20.1 Å². The SMILES string of the molecule is Cn1cnc(C(=O)O)c1.Fc1cccc(CN2CC3C(C[N-]Cc4cccc(OC(F)(F)F)c4)C3C2)c1F. The van der Waals surface area contributed by atoms with E-state index >= 15 is 0 Å². The van der Waals surface area contributed by atoms with Crippen LogP contribution in [0.3, 0.4) is 0 Å². The second kappa shape index (κ2) is 11.5. The fourth-order valence-corrected chi connectivity index (χ4v) is 4.76. The van der Waals surface area contributed by atoms with Crippen molar-refractivity contribution in [3.05, 3.63) is 88.8 Å². The van der Waals surface area contributed by atoms with E-state index in [1.807, 2.05) is 0 Å². The van der Waals surface area contributed by atoms with E-state index in [1.54, 1.807) is 23.7 Å². The summed E-state index contributed by atoms with van der Waals surface area (Å²) in [5.41, 5.74) is 1.12. The molecule has 0 radical (unpaired) electrons. The number of aryl methyl sites for hydroxylation is 1. The largest absolute Gasteiger partial charge is 0.658 e. The summed E-state index contributed by atoms with van der Waals surface area (Å²) in [5.74, 6) is -1.39. The van der Waals surface area contributed by atoms with Crippen molar-refractivity contribution in [2.24, 2.45) is 24.8 Å². The van der Waals surface area contributed by atoms with Crippen molar-refractivity contribution < 1.29 is 36.6 Å². The highest BCUT2D eigenvalue weighted by molar-refractivity contribution is 5.84. The van der Waals surface area contributed by atoms with Crippen LogP contribution in [0.1, 0.15) is 21.6 Å². The average Bonchev–Trinajstić information content (AvgIpc) is 3.14. The van der Waals surface area contributed by atoms with Gasteiger partial charge in [-0.1, -0.05) is 35.7 Å². The lowest BCUT2D eigenvalue weighted by atomic mass is 10.1. The van der Waals surface area contributed by atoms with Gasteiger partial charge in [0.25, 0.3) is 0 Å². The summed E-state index contributed by atoms with van der Waals surface area (Å²) in [6, 6.07) is 10.1. The Hall–Kier alpha value is -3.51. The number of nitrogens with zero attached hydrogens (tertiary/aromatic N) is 4. The molecule has 2 unspecified atom stereocenters. The second-order valence-corrected chi connectivity index (χ2v) is 9.39. The van der Waals surface area contributed by atoms with Crippen molar-refractivity contribution in [2.75, 3.05) is 19.6 Å². The zero-order valence-corrected chi connectivity index (χ0v) is 20.4. The number of rotatable bonds is 8. The fourth-order valence-electron chi connectivity index (χ4n) is 4.76. The number of ether oxygens (including phenoxy) is 1. The van der Waals surface area contributed by atoms with Crippen LogP contribution in [0.5, 0.6) is 5.75 Å². The van der Waals surface area contributed by atoms with Crippen LogP contribution < -0.4 is 4.74 Å². The van der Waals surface area contributed by atoms with Crippen molar-refractivity contribution in [1.82, 2.24) is 14.5 Å². The van der Waals surface area contributed by atoms with Gasteiger partial charge in [0.15, 0.2) is 17.3 Å². The number of piperidine rings is 1. The molecule has 38 heavy (non-hydrogen) atoms. The lowest BCUT2D eigenvalue weighted by Crippen LogP contribution is -2.25. The molecule has 204 valence electrons. The number of likely N-dealkylation sites (tertiary alicyclic amines) is 1. The number of fused-ring (bicyclic) bond motifs is 1. The number of aromatic nitrogens is 2. The first kappa shape index (κ1) is 27.5. The van der Waals surface area contributed by atoms with Crippen molar-refractivity contribution in [3.63, 3.8) is 0 Å². The minimum absolute atomic E-state index is 0.0810. The van der Waals surface area contributed by atoms with E-state index in [4.69, 9.17) is 5.11 Å². The summed E-state index contributed by atoms with van der Waals surface area (Å²) in [5, 5.41) is 12.8. The van der Waals surface area contributed by atoms with Gasteiger partial charge in [-0.05, 0) is 30.0 Å². The van der Waals surface area contributed by atoms with Crippen molar-refractivity contribution in [1.29, 1.82) is 0 Å². The Kier molecular flexibility index (Phi) is 8.32. The van der Waals surface area contributed by atoms with E-state index in [0.717, 1.165) is 19.2 Å². The summed E-state index contributed by atoms with van der Waals surface area (Å²) in [6.45, 7) is 3.04. The molecule has 2 aliphatic rings. The Labute approximate surface area is 215 Å². The topological polar surface area (TPSA) is 81.7 Å². The maximum Gasteiger partial charge on any atom is 0.573 e. The number of carboxylic acids is 1. The molecule has 1 saturated carbocycles. The van der Waals surface area contributed by atoms with Crippen LogP contribution in [0.2, 0.25) is 0 Å². The molecule has 7 nitrogen and oxygen atoms in total. The predicted molar refractivity (Wildman–Crippen MR) is 127 cm³/mol. The van der Waals surface area contributed by atoms with Gasteiger partial charge < -0.3 is 19.7 Å². The van der Waals surface area contributed by atoms with Crippen LogP contribution in [0.15, 0.2) is 55.0 Å². The first-order valence-electron chi connectivity index (χ1n) is 11.8. The van der Waals surface area contributed by atoms with Gasteiger partial charge in [0.2, 0.25) is 0 Å². The van der Waals surface area contributed by atoms with E-state index in [1.165, 1.54) is 36.8 Å². The standard InChI is InChI=1S/C21H20F5N2O.C5H6N2O2/c22-19-6-2-4-14(20(19)23)10-28-11-17-16(18(17)12-28)9-27-8-13-3-1-5-15(7-13)29-21(24,25)26;1-7-2-4(5(8)9)6-3-7/h1-7,16-18H,8-12H2;2-3H,1H3,(H,8,9)/q-1;. The molecule has 0 amide bonds. The fraction of sp³-hybridized carbons (Fsp3) is 0.385. The molecule has 12 heteroatoms. The van der Waals surface area contributed by atoms with Crippen LogP contribution in [0.4, 0.5) is 22.0 Å². The predicted octanol–water partition coefficient (Wildman–Crippen LogP) is 5.23. The maximum atomic E-state index is 13.8. The van der Waals surface area contributed by atoms with E-state index in [2.05, 4.69) is 19.9 Å². The number of halogens is 5. The lowest BCUT2D eigenvalue weighted by Gasteiger charge is -2.24. The third-order valence-electron chi connectivity index (χ3n) is 6.56. The van der Waals surface area contributed by atoms with Gasteiger partial charge in [0, 0.05) is 38.4 Å². The highest BCUT2D eigenvalue weighted by Gasteiger charge is 2.53. The zero-order valence-electron chi connectivity index (χ0n) is 20.4. The smallest absolute Gasteiger partial charge is 0.573 e. The molecule has 2 atom stereocenters. The third-order valence-corrected chi connectivity index (χ3v) is 6.56. The number of alkyl halides is 3. The van der Waals surface area contributed by atoms with Crippen LogP contribution in [0, 0.1) is 29.4 Å².